The van der Waals surface area contributed by atoms with E-state index in [1.807, 2.05) is 0 Å². The Morgan fingerprint density at radius 3 is 2.08 bits per heavy atom. The maximum atomic E-state index is 2.65. The molecule has 2 aromatic carbocycles. The molecule has 1 aliphatic carbocycles. The van der Waals surface area contributed by atoms with Gasteiger partial charge in [-0.2, -0.15) is 0 Å². The van der Waals surface area contributed by atoms with E-state index in [-0.39, 0.29) is 11.0 Å². The maximum Gasteiger partial charge on any atom is 0.0837 e. The fourth-order valence-corrected chi connectivity index (χ4v) is 5.57. The van der Waals surface area contributed by atoms with E-state index in [1.165, 1.54) is 33.6 Å². The predicted octanol–water partition coefficient (Wildman–Crippen LogP) is 5.15. The minimum absolute atomic E-state index is 0.0230. The van der Waals surface area contributed by atoms with E-state index < -0.39 is 0 Å². The number of fused-ring (bicyclic) bond motifs is 4. The van der Waals surface area contributed by atoms with Gasteiger partial charge in [0.15, 0.2) is 0 Å². The molecule has 0 aromatic heterocycles. The molecule has 0 radical (unpaired) electrons. The highest BCUT2D eigenvalue weighted by molar-refractivity contribution is 5.80. The maximum absolute atomic E-state index is 2.65. The van der Waals surface area contributed by atoms with Crippen LogP contribution in [-0.2, 0) is 11.0 Å². The summed E-state index contributed by atoms with van der Waals surface area (Å²) in [5, 5.41) is 0. The molecule has 0 bridgehead atoms. The number of rotatable bonds is 1. The van der Waals surface area contributed by atoms with Crippen molar-refractivity contribution in [3.63, 3.8) is 0 Å². The third-order valence-electron chi connectivity index (χ3n) is 6.99. The lowest BCUT2D eigenvalue weighted by Gasteiger charge is -2.56. The number of likely N-dealkylation sites (N-methyl/N-ethyl adjacent to an activating group) is 2. The zero-order valence-corrected chi connectivity index (χ0v) is 16.6. The third kappa shape index (κ3) is 1.86. The van der Waals surface area contributed by atoms with Crippen LogP contribution in [0.4, 0.5) is 11.4 Å². The molecule has 2 aliphatic rings. The SMILES string of the molecule is CCN1c2cc(C)c(C)cc2N(C)C2(C)c3ccccc3C(C)(C)C12. The molecular formula is C23H30N2. The first-order valence-electron chi connectivity index (χ1n) is 9.46. The molecule has 2 nitrogen and oxygen atoms in total. The Kier molecular flexibility index (Phi) is 3.32. The van der Waals surface area contributed by atoms with Gasteiger partial charge in [0.25, 0.3) is 0 Å². The second kappa shape index (κ2) is 5.03. The van der Waals surface area contributed by atoms with Crippen LogP contribution in [0.3, 0.4) is 0 Å². The molecular weight excluding hydrogens is 304 g/mol. The third-order valence-corrected chi connectivity index (χ3v) is 6.99. The topological polar surface area (TPSA) is 6.48 Å². The van der Waals surface area contributed by atoms with Gasteiger partial charge in [-0.05, 0) is 62.1 Å². The first-order chi connectivity index (χ1) is 11.7. The zero-order valence-electron chi connectivity index (χ0n) is 16.6. The lowest BCUT2D eigenvalue weighted by molar-refractivity contribution is 0.279. The highest BCUT2D eigenvalue weighted by atomic mass is 15.3. The number of hydrogen-bond donors (Lipinski definition) is 0. The molecule has 0 spiro atoms. The van der Waals surface area contributed by atoms with Crippen LogP contribution in [0.15, 0.2) is 36.4 Å². The highest BCUT2D eigenvalue weighted by Gasteiger charge is 2.60. The first kappa shape index (κ1) is 16.5. The minimum atomic E-state index is -0.0230. The Hall–Kier alpha value is -1.96. The summed E-state index contributed by atoms with van der Waals surface area (Å²) in [6.45, 7) is 15.1. The average Bonchev–Trinajstić information content (AvgIpc) is 2.77. The largest absolute Gasteiger partial charge is 0.364 e. The van der Waals surface area contributed by atoms with Gasteiger partial charge >= 0.3 is 0 Å². The van der Waals surface area contributed by atoms with Crippen molar-refractivity contribution in [3.8, 4) is 0 Å². The highest BCUT2D eigenvalue weighted by Crippen LogP contribution is 2.58. The molecule has 1 aliphatic heterocycles. The van der Waals surface area contributed by atoms with Crippen molar-refractivity contribution < 1.29 is 0 Å². The molecule has 1 heterocycles. The van der Waals surface area contributed by atoms with E-state index in [4.69, 9.17) is 0 Å². The fraction of sp³-hybridized carbons (Fsp3) is 0.478. The molecule has 2 aromatic rings. The van der Waals surface area contributed by atoms with Crippen molar-refractivity contribution in [2.75, 3.05) is 23.4 Å². The summed E-state index contributed by atoms with van der Waals surface area (Å²) in [5.74, 6) is 0. The van der Waals surface area contributed by atoms with E-state index in [0.717, 1.165) is 6.54 Å². The molecule has 4 rings (SSSR count). The van der Waals surface area contributed by atoms with Gasteiger partial charge in [0.05, 0.1) is 23.0 Å². The molecule has 0 fully saturated rings. The van der Waals surface area contributed by atoms with E-state index in [1.54, 1.807) is 0 Å². The Morgan fingerprint density at radius 2 is 1.48 bits per heavy atom. The number of hydrogen-bond acceptors (Lipinski definition) is 2. The molecule has 2 atom stereocenters. The van der Waals surface area contributed by atoms with Gasteiger partial charge < -0.3 is 9.80 Å². The molecule has 2 heteroatoms. The standard InChI is InChI=1S/C23H30N2/c1-8-25-20-14-16(3)15(2)13-19(20)24(7)23(6)18-12-10-9-11-17(18)22(4,5)21(23)25/h9-14,21H,8H2,1-7H3. The first-order valence-corrected chi connectivity index (χ1v) is 9.46. The lowest BCUT2D eigenvalue weighted by Crippen LogP contribution is -2.63. The van der Waals surface area contributed by atoms with Crippen molar-refractivity contribution in [1.82, 2.24) is 0 Å². The summed E-state index contributed by atoms with van der Waals surface area (Å²) in [6.07, 6.45) is 0. The Balaban J connectivity index is 2.05. The Labute approximate surface area is 152 Å². The molecule has 0 saturated heterocycles. The zero-order chi connectivity index (χ0) is 18.1. The van der Waals surface area contributed by atoms with Crippen LogP contribution in [0.2, 0.25) is 0 Å². The van der Waals surface area contributed by atoms with Gasteiger partial charge in [0, 0.05) is 19.0 Å². The van der Waals surface area contributed by atoms with Gasteiger partial charge in [-0.15, -0.1) is 0 Å². The summed E-state index contributed by atoms with van der Waals surface area (Å²) in [5.41, 5.74) is 8.55. The molecule has 25 heavy (non-hydrogen) atoms. The number of nitrogens with zero attached hydrogens (tertiary/aromatic N) is 2. The van der Waals surface area contributed by atoms with Crippen molar-refractivity contribution in [2.45, 2.75) is 58.5 Å². The van der Waals surface area contributed by atoms with Gasteiger partial charge in [0.1, 0.15) is 0 Å². The van der Waals surface area contributed by atoms with Crippen LogP contribution in [-0.4, -0.2) is 19.6 Å². The second-order valence-electron chi connectivity index (χ2n) is 8.59. The monoisotopic (exact) mass is 334 g/mol. The van der Waals surface area contributed by atoms with Crippen LogP contribution in [0, 0.1) is 13.8 Å². The van der Waals surface area contributed by atoms with E-state index in [0.29, 0.717) is 6.04 Å². The average molecular weight is 335 g/mol. The number of anilines is 2. The van der Waals surface area contributed by atoms with Gasteiger partial charge in [0.2, 0.25) is 0 Å². The molecule has 2 unspecified atom stereocenters. The van der Waals surface area contributed by atoms with E-state index in [9.17, 15) is 0 Å². The van der Waals surface area contributed by atoms with Crippen LogP contribution >= 0.6 is 0 Å². The summed E-state index contributed by atoms with van der Waals surface area (Å²) >= 11 is 0. The summed E-state index contributed by atoms with van der Waals surface area (Å²) in [4.78, 5) is 5.20. The molecule has 132 valence electrons. The molecule has 0 amide bonds. The quantitative estimate of drug-likeness (QED) is 0.711. The van der Waals surface area contributed by atoms with Crippen LogP contribution in [0.1, 0.15) is 49.9 Å². The van der Waals surface area contributed by atoms with Gasteiger partial charge in [-0.1, -0.05) is 38.1 Å². The van der Waals surface area contributed by atoms with Gasteiger partial charge in [-0.25, -0.2) is 0 Å². The van der Waals surface area contributed by atoms with E-state index in [2.05, 4.69) is 94.8 Å². The summed E-state index contributed by atoms with van der Waals surface area (Å²) in [7, 11) is 2.28. The normalized spacial score (nSPS) is 26.3. The van der Waals surface area contributed by atoms with Crippen molar-refractivity contribution in [3.05, 3.63) is 58.7 Å². The van der Waals surface area contributed by atoms with Crippen molar-refractivity contribution in [1.29, 1.82) is 0 Å². The van der Waals surface area contributed by atoms with Gasteiger partial charge in [-0.3, -0.25) is 0 Å². The number of aryl methyl sites for hydroxylation is 2. The molecule has 0 N–H and O–H groups in total. The van der Waals surface area contributed by atoms with Crippen molar-refractivity contribution in [2.24, 2.45) is 0 Å². The minimum Gasteiger partial charge on any atom is -0.364 e. The second-order valence-corrected chi connectivity index (χ2v) is 8.59. The van der Waals surface area contributed by atoms with Crippen LogP contribution in [0.25, 0.3) is 0 Å². The van der Waals surface area contributed by atoms with Crippen LogP contribution in [0.5, 0.6) is 0 Å². The van der Waals surface area contributed by atoms with E-state index >= 15 is 0 Å². The van der Waals surface area contributed by atoms with Crippen molar-refractivity contribution >= 4 is 11.4 Å². The Bertz CT molecular complexity index is 851. The summed E-state index contributed by atoms with van der Waals surface area (Å²) in [6, 6.07) is 14.3. The smallest absolute Gasteiger partial charge is 0.0837 e. The number of benzene rings is 2. The predicted molar refractivity (Wildman–Crippen MR) is 108 cm³/mol. The Morgan fingerprint density at radius 1 is 0.920 bits per heavy atom. The lowest BCUT2D eigenvalue weighted by atomic mass is 9.75. The fourth-order valence-electron chi connectivity index (χ4n) is 5.57. The summed E-state index contributed by atoms with van der Waals surface area (Å²) < 4.78 is 0. The van der Waals surface area contributed by atoms with Crippen LogP contribution < -0.4 is 9.80 Å². The molecule has 0 saturated carbocycles.